The Labute approximate surface area is 104 Å². The van der Waals surface area contributed by atoms with Crippen molar-refractivity contribution in [3.63, 3.8) is 0 Å². The minimum Gasteiger partial charge on any atom is -0.368 e. The molecule has 3 heterocycles. The maximum atomic E-state index is 5.62. The van der Waals surface area contributed by atoms with Crippen molar-refractivity contribution in [3.8, 4) is 11.4 Å². The summed E-state index contributed by atoms with van der Waals surface area (Å²) in [5, 5.41) is 0. The van der Waals surface area contributed by atoms with E-state index in [1.807, 2.05) is 30.5 Å². The molecule has 3 aromatic heterocycles. The molecule has 0 bridgehead atoms. The molecule has 0 aliphatic rings. The van der Waals surface area contributed by atoms with Crippen LogP contribution in [0.4, 0.5) is 5.95 Å². The lowest BCUT2D eigenvalue weighted by atomic mass is 10.2. The van der Waals surface area contributed by atoms with Gasteiger partial charge in [0.15, 0.2) is 0 Å². The van der Waals surface area contributed by atoms with Gasteiger partial charge in [0.1, 0.15) is 11.3 Å². The number of rotatable bonds is 2. The fourth-order valence-electron chi connectivity index (χ4n) is 2.10. The van der Waals surface area contributed by atoms with Crippen LogP contribution in [0.2, 0.25) is 0 Å². The van der Waals surface area contributed by atoms with E-state index in [-0.39, 0.29) is 5.95 Å². The lowest BCUT2D eigenvalue weighted by Gasteiger charge is -2.01. The molecule has 0 aliphatic heterocycles. The highest BCUT2D eigenvalue weighted by Gasteiger charge is 2.13. The minimum absolute atomic E-state index is 0.270. The lowest BCUT2D eigenvalue weighted by Crippen LogP contribution is -1.97. The van der Waals surface area contributed by atoms with Crippen molar-refractivity contribution >= 4 is 11.6 Å². The van der Waals surface area contributed by atoms with Crippen LogP contribution in [-0.4, -0.2) is 19.4 Å². The summed E-state index contributed by atoms with van der Waals surface area (Å²) >= 11 is 0. The largest absolute Gasteiger partial charge is 0.368 e. The highest BCUT2D eigenvalue weighted by molar-refractivity contribution is 5.63. The Morgan fingerprint density at radius 1 is 1.22 bits per heavy atom. The molecule has 5 heteroatoms. The van der Waals surface area contributed by atoms with Gasteiger partial charge in [0.05, 0.1) is 11.4 Å². The van der Waals surface area contributed by atoms with Crippen molar-refractivity contribution in [1.82, 2.24) is 19.4 Å². The number of aromatic nitrogens is 4. The quantitative estimate of drug-likeness (QED) is 0.742. The lowest BCUT2D eigenvalue weighted by molar-refractivity contribution is 0.994. The third-order valence-electron chi connectivity index (χ3n) is 2.88. The number of fused-ring (bicyclic) bond motifs is 1. The molecule has 90 valence electrons. The molecule has 2 N–H and O–H groups in total. The molecule has 0 amide bonds. The summed E-state index contributed by atoms with van der Waals surface area (Å²) in [6, 6.07) is 7.77. The van der Waals surface area contributed by atoms with Crippen LogP contribution in [0.1, 0.15) is 12.6 Å². The molecule has 5 nitrogen and oxygen atoms in total. The van der Waals surface area contributed by atoms with Crippen LogP contribution >= 0.6 is 0 Å². The van der Waals surface area contributed by atoms with Gasteiger partial charge in [-0.2, -0.15) is 0 Å². The average Bonchev–Trinajstić information content (AvgIpc) is 2.77. The molecule has 0 saturated carbocycles. The number of nitrogen functional groups attached to an aromatic ring is 1. The zero-order chi connectivity index (χ0) is 12.5. The summed E-state index contributed by atoms with van der Waals surface area (Å²) in [6.45, 7) is 2.10. The van der Waals surface area contributed by atoms with Crippen molar-refractivity contribution in [2.75, 3.05) is 5.73 Å². The van der Waals surface area contributed by atoms with Crippen LogP contribution in [0.5, 0.6) is 0 Å². The van der Waals surface area contributed by atoms with Gasteiger partial charge in [-0.1, -0.05) is 13.0 Å². The number of nitrogens with zero attached hydrogens (tertiary/aromatic N) is 4. The first-order chi connectivity index (χ1) is 8.79. The van der Waals surface area contributed by atoms with Crippen LogP contribution < -0.4 is 5.73 Å². The normalized spacial score (nSPS) is 10.9. The number of aryl methyl sites for hydroxylation is 1. The predicted molar refractivity (Wildman–Crippen MR) is 70.0 cm³/mol. The van der Waals surface area contributed by atoms with E-state index < -0.39 is 0 Å². The third kappa shape index (κ3) is 1.60. The summed E-state index contributed by atoms with van der Waals surface area (Å²) < 4.78 is 2.08. The minimum atomic E-state index is 0.270. The molecule has 0 aromatic carbocycles. The molecule has 0 unspecified atom stereocenters. The summed E-state index contributed by atoms with van der Waals surface area (Å²) in [7, 11) is 0. The van der Waals surface area contributed by atoms with E-state index in [1.165, 1.54) is 0 Å². The first kappa shape index (κ1) is 10.7. The highest BCUT2D eigenvalue weighted by Crippen LogP contribution is 2.23. The second-order valence-corrected chi connectivity index (χ2v) is 3.99. The highest BCUT2D eigenvalue weighted by atomic mass is 15.0. The summed E-state index contributed by atoms with van der Waals surface area (Å²) in [5.74, 6) is 0.270. The third-order valence-corrected chi connectivity index (χ3v) is 2.88. The molecular formula is C13H13N5. The van der Waals surface area contributed by atoms with Gasteiger partial charge in [-0.25, -0.2) is 15.0 Å². The van der Waals surface area contributed by atoms with Crippen molar-refractivity contribution < 1.29 is 0 Å². The number of pyridine rings is 1. The number of anilines is 1. The Hall–Kier alpha value is -2.43. The monoisotopic (exact) mass is 239 g/mol. The van der Waals surface area contributed by atoms with Gasteiger partial charge >= 0.3 is 0 Å². The van der Waals surface area contributed by atoms with Crippen molar-refractivity contribution in [2.45, 2.75) is 13.3 Å². The first-order valence-corrected chi connectivity index (χ1v) is 5.84. The van der Waals surface area contributed by atoms with E-state index in [9.17, 15) is 0 Å². The van der Waals surface area contributed by atoms with Crippen molar-refractivity contribution in [3.05, 3.63) is 42.4 Å². The van der Waals surface area contributed by atoms with Gasteiger partial charge in [0.25, 0.3) is 0 Å². The Kier molecular flexibility index (Phi) is 2.44. The molecule has 0 radical (unpaired) electrons. The van der Waals surface area contributed by atoms with Crippen LogP contribution in [0, 0.1) is 0 Å². The zero-order valence-electron chi connectivity index (χ0n) is 10.0. The van der Waals surface area contributed by atoms with Gasteiger partial charge in [-0.15, -0.1) is 0 Å². The summed E-state index contributed by atoms with van der Waals surface area (Å²) in [4.78, 5) is 12.8. The Bertz CT molecular complexity index is 701. The second-order valence-electron chi connectivity index (χ2n) is 3.99. The maximum absolute atomic E-state index is 5.62. The average molecular weight is 239 g/mol. The SMILES string of the molecule is CCc1c(-c2ccnc(N)n2)nc2ccccn12. The van der Waals surface area contributed by atoms with E-state index in [1.54, 1.807) is 6.20 Å². The molecular weight excluding hydrogens is 226 g/mol. The number of hydrogen-bond acceptors (Lipinski definition) is 4. The summed E-state index contributed by atoms with van der Waals surface area (Å²) in [6.07, 6.45) is 4.54. The van der Waals surface area contributed by atoms with Gasteiger partial charge in [-0.3, -0.25) is 0 Å². The fraction of sp³-hybridized carbons (Fsp3) is 0.154. The number of imidazole rings is 1. The molecule has 0 aliphatic carbocycles. The first-order valence-electron chi connectivity index (χ1n) is 5.84. The molecule has 3 aromatic rings. The van der Waals surface area contributed by atoms with Crippen LogP contribution in [0.15, 0.2) is 36.7 Å². The van der Waals surface area contributed by atoms with E-state index >= 15 is 0 Å². The topological polar surface area (TPSA) is 69.1 Å². The Morgan fingerprint density at radius 2 is 2.11 bits per heavy atom. The second kappa shape index (κ2) is 4.10. The van der Waals surface area contributed by atoms with Crippen LogP contribution in [0.25, 0.3) is 17.0 Å². The number of hydrogen-bond donors (Lipinski definition) is 1. The van der Waals surface area contributed by atoms with E-state index in [4.69, 9.17) is 5.73 Å². The smallest absolute Gasteiger partial charge is 0.220 e. The van der Waals surface area contributed by atoms with Gasteiger partial charge in [-0.05, 0) is 24.6 Å². The Balaban J connectivity index is 2.28. The fourth-order valence-corrected chi connectivity index (χ4v) is 2.10. The number of nitrogens with two attached hydrogens (primary N) is 1. The molecule has 0 fully saturated rings. The van der Waals surface area contributed by atoms with Crippen molar-refractivity contribution in [2.24, 2.45) is 0 Å². The molecule has 0 atom stereocenters. The van der Waals surface area contributed by atoms with Gasteiger partial charge in [0, 0.05) is 12.4 Å². The standard InChI is InChI=1S/C13H13N5/c1-2-10-12(9-6-7-15-13(14)16-9)17-11-5-3-4-8-18(10)11/h3-8H,2H2,1H3,(H2,14,15,16). The van der Waals surface area contributed by atoms with Gasteiger partial charge in [0.2, 0.25) is 5.95 Å². The zero-order valence-corrected chi connectivity index (χ0v) is 10.0. The van der Waals surface area contributed by atoms with Gasteiger partial charge < -0.3 is 10.1 Å². The Morgan fingerprint density at radius 3 is 2.89 bits per heavy atom. The molecule has 18 heavy (non-hydrogen) atoms. The van der Waals surface area contributed by atoms with E-state index in [0.717, 1.165) is 29.1 Å². The van der Waals surface area contributed by atoms with Crippen LogP contribution in [0.3, 0.4) is 0 Å². The molecule has 3 rings (SSSR count). The predicted octanol–water partition coefficient (Wildman–Crippen LogP) is 1.94. The van der Waals surface area contributed by atoms with E-state index in [0.29, 0.717) is 0 Å². The maximum Gasteiger partial charge on any atom is 0.220 e. The molecule has 0 saturated heterocycles. The van der Waals surface area contributed by atoms with Crippen LogP contribution in [-0.2, 0) is 6.42 Å². The van der Waals surface area contributed by atoms with Crippen molar-refractivity contribution in [1.29, 1.82) is 0 Å². The van der Waals surface area contributed by atoms with E-state index in [2.05, 4.69) is 26.3 Å². The summed E-state index contributed by atoms with van der Waals surface area (Å²) in [5.41, 5.74) is 9.31. The molecule has 0 spiro atoms.